The van der Waals surface area contributed by atoms with Crippen LogP contribution >= 0.6 is 77.6 Å². The first kappa shape index (κ1) is 22.7. The number of hydrogen-bond donors (Lipinski definition) is 0. The smallest absolute Gasteiger partial charge is 0.150 e. The molecule has 0 fully saturated rings. The van der Waals surface area contributed by atoms with Crippen molar-refractivity contribution < 1.29 is 0 Å². The van der Waals surface area contributed by atoms with Crippen LogP contribution in [0.25, 0.3) is 0 Å². The molecular formula is C10H21Cl7Si3. The molecule has 20 heavy (non-hydrogen) atoms. The van der Waals surface area contributed by atoms with E-state index in [0.29, 0.717) is 0 Å². The van der Waals surface area contributed by atoms with E-state index < -0.39 is 20.8 Å². The molecule has 0 aliphatic carbocycles. The molecule has 1 unspecified atom stereocenters. The molecule has 0 N–H and O–H groups in total. The normalized spacial score (nSPS) is 14.2. The maximum absolute atomic E-state index is 6.03. The average molecular weight is 474 g/mol. The zero-order valence-corrected chi connectivity index (χ0v) is 19.8. The second-order valence-electron chi connectivity index (χ2n) is 4.93. The van der Waals surface area contributed by atoms with E-state index in [1.807, 2.05) is 0 Å². The largest absolute Gasteiger partial charge is 0.343 e. The van der Waals surface area contributed by atoms with Crippen LogP contribution in [-0.2, 0) is 0 Å². The third-order valence-electron chi connectivity index (χ3n) is 3.16. The van der Waals surface area contributed by atoms with Gasteiger partial charge in [0.15, 0.2) is 0 Å². The van der Waals surface area contributed by atoms with Gasteiger partial charge in [-0.05, 0) is 12.5 Å². The van der Waals surface area contributed by atoms with Gasteiger partial charge < -0.3 is 0 Å². The van der Waals surface area contributed by atoms with E-state index in [1.54, 1.807) is 0 Å². The highest BCUT2D eigenvalue weighted by molar-refractivity contribution is 7.68. The Morgan fingerprint density at radius 3 is 1.55 bits per heavy atom. The van der Waals surface area contributed by atoms with Gasteiger partial charge in [0.25, 0.3) is 0 Å². The lowest BCUT2D eigenvalue weighted by atomic mass is 10.1. The molecule has 122 valence electrons. The first-order chi connectivity index (χ1) is 9.25. The van der Waals surface area contributed by atoms with Gasteiger partial charge in [0.2, 0.25) is 14.8 Å². The second kappa shape index (κ2) is 13.0. The minimum absolute atomic E-state index is 0.0369. The SMILES string of the molecule is Cl[SiH](Cl)CCCCCCCCCC([SiH](Cl)Cl)[Si](Cl)(Cl)Cl. The van der Waals surface area contributed by atoms with E-state index in [4.69, 9.17) is 77.6 Å². The minimum atomic E-state index is -2.75. The number of hydrogen-bond acceptors (Lipinski definition) is 0. The monoisotopic (exact) mass is 470 g/mol. The Morgan fingerprint density at radius 1 is 0.700 bits per heavy atom. The van der Waals surface area contributed by atoms with Crippen LogP contribution in [-0.4, -0.2) is 20.8 Å². The first-order valence-corrected chi connectivity index (χ1v) is 20.5. The average Bonchev–Trinajstić information content (AvgIpc) is 2.28. The summed E-state index contributed by atoms with van der Waals surface area (Å²) in [6, 6.07) is -1.73. The lowest BCUT2D eigenvalue weighted by Crippen LogP contribution is -2.27. The fraction of sp³-hybridized carbons (Fsp3) is 1.00. The summed E-state index contributed by atoms with van der Waals surface area (Å²) in [4.78, 5) is 0. The Bertz CT molecular complexity index is 235. The van der Waals surface area contributed by atoms with Gasteiger partial charge in [-0.2, -0.15) is 44.3 Å². The second-order valence-corrected chi connectivity index (χ2v) is 24.7. The molecule has 0 saturated heterocycles. The van der Waals surface area contributed by atoms with Gasteiger partial charge in [0.1, 0.15) is 0 Å². The van der Waals surface area contributed by atoms with Crippen LogP contribution in [0.1, 0.15) is 51.4 Å². The molecule has 0 aliphatic heterocycles. The molecule has 0 heterocycles. The van der Waals surface area contributed by atoms with E-state index in [-0.39, 0.29) is 5.16 Å². The van der Waals surface area contributed by atoms with Gasteiger partial charge in [-0.15, -0.1) is 33.2 Å². The van der Waals surface area contributed by atoms with Crippen molar-refractivity contribution in [2.24, 2.45) is 0 Å². The van der Waals surface area contributed by atoms with Gasteiger partial charge in [-0.1, -0.05) is 44.9 Å². The standard InChI is InChI=1S/C10H21Cl7Si3/c11-18(12)9-7-5-3-1-2-4-6-8-10(19(13)14)20(15,16)17/h10,18-19H,1-9H2. The zero-order valence-electron chi connectivity index (χ0n) is 11.2. The van der Waals surface area contributed by atoms with E-state index in [2.05, 4.69) is 0 Å². The van der Waals surface area contributed by atoms with Crippen molar-refractivity contribution in [1.82, 2.24) is 0 Å². The highest BCUT2D eigenvalue weighted by Gasteiger charge is 2.41. The zero-order chi connectivity index (χ0) is 15.6. The van der Waals surface area contributed by atoms with Gasteiger partial charge in [-0.3, -0.25) is 0 Å². The molecule has 0 bridgehead atoms. The summed E-state index contributed by atoms with van der Waals surface area (Å²) in [6.45, 7) is 0. The first-order valence-electron chi connectivity index (χ1n) is 6.88. The van der Waals surface area contributed by atoms with Crippen molar-refractivity contribution in [3.05, 3.63) is 0 Å². The molecule has 0 nitrogen and oxygen atoms in total. The Morgan fingerprint density at radius 2 is 1.15 bits per heavy atom. The third kappa shape index (κ3) is 13.2. The molecule has 0 saturated carbocycles. The summed E-state index contributed by atoms with van der Waals surface area (Å²) in [7, 11) is -3.29. The molecule has 0 rings (SSSR count). The van der Waals surface area contributed by atoms with E-state index in [0.717, 1.165) is 31.7 Å². The quantitative estimate of drug-likeness (QED) is 0.162. The summed E-state index contributed by atoms with van der Waals surface area (Å²) >= 11 is 41.8. The van der Waals surface area contributed by atoms with Gasteiger partial charge >= 0.3 is 6.00 Å². The molecule has 0 aromatic heterocycles. The van der Waals surface area contributed by atoms with E-state index in [1.165, 1.54) is 25.7 Å². The fourth-order valence-electron chi connectivity index (χ4n) is 1.98. The van der Waals surface area contributed by atoms with E-state index >= 15 is 0 Å². The Kier molecular flexibility index (Phi) is 14.8. The van der Waals surface area contributed by atoms with Crippen LogP contribution in [0.15, 0.2) is 0 Å². The lowest BCUT2D eigenvalue weighted by molar-refractivity contribution is 0.580. The molecule has 10 heteroatoms. The van der Waals surface area contributed by atoms with E-state index in [9.17, 15) is 0 Å². The predicted octanol–water partition coefficient (Wildman–Crippen LogP) is 7.07. The van der Waals surface area contributed by atoms with Crippen LogP contribution in [0.2, 0.25) is 11.2 Å². The number of halogens is 7. The Hall–Kier alpha value is 2.68. The molecule has 0 amide bonds. The Labute approximate surface area is 159 Å². The molecule has 1 atom stereocenters. The van der Waals surface area contributed by atoms with Crippen molar-refractivity contribution >= 4 is 98.4 Å². The van der Waals surface area contributed by atoms with Crippen molar-refractivity contribution in [2.45, 2.75) is 62.6 Å². The van der Waals surface area contributed by atoms with Crippen molar-refractivity contribution in [3.63, 3.8) is 0 Å². The maximum Gasteiger partial charge on any atom is 0.343 e. The fourth-order valence-corrected chi connectivity index (χ4v) is 17.7. The van der Waals surface area contributed by atoms with Crippen molar-refractivity contribution in [3.8, 4) is 0 Å². The minimum Gasteiger partial charge on any atom is -0.150 e. The number of rotatable bonds is 12. The van der Waals surface area contributed by atoms with Gasteiger partial charge in [0, 0.05) is 5.16 Å². The van der Waals surface area contributed by atoms with Crippen molar-refractivity contribution in [1.29, 1.82) is 0 Å². The van der Waals surface area contributed by atoms with Crippen LogP contribution < -0.4 is 0 Å². The highest BCUT2D eigenvalue weighted by atomic mass is 35.8. The summed E-state index contributed by atoms with van der Waals surface area (Å²) in [5.74, 6) is 0. The summed E-state index contributed by atoms with van der Waals surface area (Å²) < 4.78 is 0. The summed E-state index contributed by atoms with van der Waals surface area (Å²) in [5, 5.41) is -0.0369. The van der Waals surface area contributed by atoms with Crippen LogP contribution in [0, 0.1) is 0 Å². The third-order valence-corrected chi connectivity index (χ3v) is 17.4. The van der Waals surface area contributed by atoms with Crippen LogP contribution in [0.5, 0.6) is 0 Å². The topological polar surface area (TPSA) is 0 Å². The van der Waals surface area contributed by atoms with Gasteiger partial charge in [0.05, 0.1) is 0 Å². The predicted molar refractivity (Wildman–Crippen MR) is 107 cm³/mol. The highest BCUT2D eigenvalue weighted by Crippen LogP contribution is 2.41. The Balaban J connectivity index is 3.51. The molecule has 0 radical (unpaired) electrons. The van der Waals surface area contributed by atoms with Crippen LogP contribution in [0.3, 0.4) is 0 Å². The number of unbranched alkanes of at least 4 members (excludes halogenated alkanes) is 6. The summed E-state index contributed by atoms with van der Waals surface area (Å²) in [5.41, 5.74) is 0. The maximum atomic E-state index is 6.03. The molecule has 0 spiro atoms. The lowest BCUT2D eigenvalue weighted by Gasteiger charge is -2.21. The summed E-state index contributed by atoms with van der Waals surface area (Å²) in [6.07, 6.45) is 9.17. The van der Waals surface area contributed by atoms with Crippen molar-refractivity contribution in [2.75, 3.05) is 0 Å². The van der Waals surface area contributed by atoms with Crippen LogP contribution in [0.4, 0.5) is 0 Å². The van der Waals surface area contributed by atoms with Gasteiger partial charge in [-0.25, -0.2) is 0 Å². The molecule has 0 aromatic carbocycles. The molecule has 0 aromatic rings. The molecule has 0 aliphatic rings. The molecular weight excluding hydrogens is 453 g/mol.